The summed E-state index contributed by atoms with van der Waals surface area (Å²) in [5.74, 6) is 0.488. The molecule has 0 bridgehead atoms. The van der Waals surface area contributed by atoms with E-state index in [2.05, 4.69) is 15.3 Å². The predicted molar refractivity (Wildman–Crippen MR) is 78.0 cm³/mol. The van der Waals surface area contributed by atoms with Crippen molar-refractivity contribution < 1.29 is 9.21 Å². The van der Waals surface area contributed by atoms with Crippen molar-refractivity contribution in [3.8, 4) is 0 Å². The SMILES string of the molecule is Cc1ncn(C)c1C(=O)NCCc1nc2ccccc2o1. The van der Waals surface area contributed by atoms with E-state index in [0.29, 0.717) is 24.6 Å². The van der Waals surface area contributed by atoms with Crippen LogP contribution in [0.5, 0.6) is 0 Å². The molecule has 0 saturated heterocycles. The summed E-state index contributed by atoms with van der Waals surface area (Å²) >= 11 is 0. The molecule has 1 amide bonds. The molecule has 2 aromatic heterocycles. The van der Waals surface area contributed by atoms with Crippen molar-refractivity contribution in [3.63, 3.8) is 0 Å². The molecule has 0 aliphatic heterocycles. The molecule has 6 heteroatoms. The van der Waals surface area contributed by atoms with E-state index in [1.807, 2.05) is 31.2 Å². The number of aryl methyl sites for hydroxylation is 2. The molecule has 21 heavy (non-hydrogen) atoms. The average molecular weight is 284 g/mol. The number of carbonyl (C=O) groups excluding carboxylic acids is 1. The number of aromatic nitrogens is 3. The summed E-state index contributed by atoms with van der Waals surface area (Å²) in [5.41, 5.74) is 2.90. The molecule has 0 spiro atoms. The van der Waals surface area contributed by atoms with Crippen LogP contribution in [0.1, 0.15) is 22.1 Å². The number of hydrogen-bond donors (Lipinski definition) is 1. The van der Waals surface area contributed by atoms with Crippen LogP contribution < -0.4 is 5.32 Å². The topological polar surface area (TPSA) is 73.0 Å². The summed E-state index contributed by atoms with van der Waals surface area (Å²) in [6, 6.07) is 7.61. The molecule has 3 rings (SSSR count). The summed E-state index contributed by atoms with van der Waals surface area (Å²) in [4.78, 5) is 20.6. The molecule has 0 unspecified atom stereocenters. The highest BCUT2D eigenvalue weighted by molar-refractivity contribution is 5.93. The number of rotatable bonds is 4. The summed E-state index contributed by atoms with van der Waals surface area (Å²) in [6.45, 7) is 2.28. The largest absolute Gasteiger partial charge is 0.441 e. The first-order valence-corrected chi connectivity index (χ1v) is 6.75. The van der Waals surface area contributed by atoms with E-state index in [-0.39, 0.29) is 5.91 Å². The van der Waals surface area contributed by atoms with Gasteiger partial charge in [-0.15, -0.1) is 0 Å². The highest BCUT2D eigenvalue weighted by atomic mass is 16.3. The normalized spacial score (nSPS) is 11.0. The molecule has 0 fully saturated rings. The maximum absolute atomic E-state index is 12.1. The van der Waals surface area contributed by atoms with Crippen molar-refractivity contribution in [2.24, 2.45) is 7.05 Å². The number of nitrogens with one attached hydrogen (secondary N) is 1. The zero-order chi connectivity index (χ0) is 14.8. The van der Waals surface area contributed by atoms with Crippen LogP contribution in [-0.4, -0.2) is 27.0 Å². The van der Waals surface area contributed by atoms with Crippen LogP contribution >= 0.6 is 0 Å². The van der Waals surface area contributed by atoms with Gasteiger partial charge in [-0.1, -0.05) is 12.1 Å². The minimum atomic E-state index is -0.136. The zero-order valence-electron chi connectivity index (χ0n) is 12.0. The molecule has 3 aromatic rings. The molecule has 6 nitrogen and oxygen atoms in total. The minimum Gasteiger partial charge on any atom is -0.441 e. The second kappa shape index (κ2) is 5.40. The summed E-state index contributed by atoms with van der Waals surface area (Å²) in [7, 11) is 1.80. The van der Waals surface area contributed by atoms with Crippen molar-refractivity contribution >= 4 is 17.0 Å². The van der Waals surface area contributed by atoms with Gasteiger partial charge in [0.15, 0.2) is 11.5 Å². The Morgan fingerprint density at radius 2 is 2.19 bits per heavy atom. The Bertz CT molecular complexity index is 735. The molecule has 1 N–H and O–H groups in total. The van der Waals surface area contributed by atoms with Crippen LogP contribution in [0.15, 0.2) is 35.0 Å². The Morgan fingerprint density at radius 3 is 2.90 bits per heavy atom. The number of oxazole rings is 1. The Hall–Kier alpha value is -2.63. The lowest BCUT2D eigenvalue weighted by Crippen LogP contribution is -2.28. The number of benzene rings is 1. The first-order chi connectivity index (χ1) is 10.1. The highest BCUT2D eigenvalue weighted by Crippen LogP contribution is 2.14. The fourth-order valence-electron chi connectivity index (χ4n) is 2.27. The van der Waals surface area contributed by atoms with Gasteiger partial charge in [0.2, 0.25) is 0 Å². The van der Waals surface area contributed by atoms with Crippen molar-refractivity contribution in [1.29, 1.82) is 0 Å². The maximum atomic E-state index is 12.1. The number of fused-ring (bicyclic) bond motifs is 1. The van der Waals surface area contributed by atoms with E-state index >= 15 is 0 Å². The predicted octanol–water partition coefficient (Wildman–Crippen LogP) is 1.84. The molecule has 0 aliphatic rings. The molecule has 0 radical (unpaired) electrons. The molecule has 2 heterocycles. The lowest BCUT2D eigenvalue weighted by molar-refractivity contribution is 0.0945. The molecule has 0 aliphatic carbocycles. The van der Waals surface area contributed by atoms with Crippen molar-refractivity contribution in [2.45, 2.75) is 13.3 Å². The third-order valence-corrected chi connectivity index (χ3v) is 3.30. The number of hydrogen-bond acceptors (Lipinski definition) is 4. The van der Waals surface area contributed by atoms with Crippen LogP contribution in [-0.2, 0) is 13.5 Å². The van der Waals surface area contributed by atoms with Crippen LogP contribution in [0.3, 0.4) is 0 Å². The second-order valence-corrected chi connectivity index (χ2v) is 4.87. The van der Waals surface area contributed by atoms with Gasteiger partial charge in [-0.2, -0.15) is 0 Å². The van der Waals surface area contributed by atoms with Crippen LogP contribution in [0.4, 0.5) is 0 Å². The van der Waals surface area contributed by atoms with Crippen LogP contribution in [0.2, 0.25) is 0 Å². The molecule has 0 atom stereocenters. The first kappa shape index (κ1) is 13.4. The second-order valence-electron chi connectivity index (χ2n) is 4.87. The lowest BCUT2D eigenvalue weighted by Gasteiger charge is -2.05. The van der Waals surface area contributed by atoms with Gasteiger partial charge in [-0.05, 0) is 19.1 Å². The third kappa shape index (κ3) is 2.65. The van der Waals surface area contributed by atoms with E-state index in [0.717, 1.165) is 16.8 Å². The number of amides is 1. The molecular weight excluding hydrogens is 268 g/mol. The third-order valence-electron chi connectivity index (χ3n) is 3.30. The van der Waals surface area contributed by atoms with E-state index in [4.69, 9.17) is 4.42 Å². The van der Waals surface area contributed by atoms with E-state index in [9.17, 15) is 4.79 Å². The Kier molecular flexibility index (Phi) is 3.43. The lowest BCUT2D eigenvalue weighted by atomic mass is 10.3. The van der Waals surface area contributed by atoms with Gasteiger partial charge in [0.05, 0.1) is 12.0 Å². The summed E-state index contributed by atoms with van der Waals surface area (Å²) < 4.78 is 7.32. The average Bonchev–Trinajstić information content (AvgIpc) is 3.01. The Balaban J connectivity index is 1.62. The number of carbonyl (C=O) groups is 1. The van der Waals surface area contributed by atoms with Gasteiger partial charge < -0.3 is 14.3 Å². The van der Waals surface area contributed by atoms with E-state index in [1.165, 1.54) is 0 Å². The molecule has 1 aromatic carbocycles. The zero-order valence-corrected chi connectivity index (χ0v) is 12.0. The summed E-state index contributed by atoms with van der Waals surface area (Å²) in [6.07, 6.45) is 2.18. The first-order valence-electron chi connectivity index (χ1n) is 6.75. The minimum absolute atomic E-state index is 0.136. The highest BCUT2D eigenvalue weighted by Gasteiger charge is 2.14. The van der Waals surface area contributed by atoms with Crippen LogP contribution in [0, 0.1) is 6.92 Å². The van der Waals surface area contributed by atoms with Gasteiger partial charge >= 0.3 is 0 Å². The number of para-hydroxylation sites is 2. The van der Waals surface area contributed by atoms with Crippen LogP contribution in [0.25, 0.3) is 11.1 Å². The smallest absolute Gasteiger partial charge is 0.269 e. The molecule has 0 saturated carbocycles. The van der Waals surface area contributed by atoms with Crippen molar-refractivity contribution in [3.05, 3.63) is 47.9 Å². The maximum Gasteiger partial charge on any atom is 0.269 e. The number of imidazole rings is 1. The Labute approximate surface area is 121 Å². The fraction of sp³-hybridized carbons (Fsp3) is 0.267. The van der Waals surface area contributed by atoms with Gasteiger partial charge in [0.25, 0.3) is 5.91 Å². The van der Waals surface area contributed by atoms with Gasteiger partial charge in [0.1, 0.15) is 11.2 Å². The Morgan fingerprint density at radius 1 is 1.38 bits per heavy atom. The van der Waals surface area contributed by atoms with Crippen molar-refractivity contribution in [2.75, 3.05) is 6.54 Å². The quantitative estimate of drug-likeness (QED) is 0.793. The van der Waals surface area contributed by atoms with Crippen molar-refractivity contribution in [1.82, 2.24) is 19.9 Å². The van der Waals surface area contributed by atoms with Gasteiger partial charge in [-0.25, -0.2) is 9.97 Å². The molecule has 108 valence electrons. The van der Waals surface area contributed by atoms with Gasteiger partial charge in [-0.3, -0.25) is 4.79 Å². The van der Waals surface area contributed by atoms with Gasteiger partial charge in [0, 0.05) is 20.0 Å². The standard InChI is InChI=1S/C15H16N4O2/c1-10-14(19(2)9-17-10)15(20)16-8-7-13-18-11-5-3-4-6-12(11)21-13/h3-6,9H,7-8H2,1-2H3,(H,16,20). The van der Waals surface area contributed by atoms with E-state index < -0.39 is 0 Å². The number of nitrogens with zero attached hydrogens (tertiary/aromatic N) is 3. The fourth-order valence-corrected chi connectivity index (χ4v) is 2.27. The monoisotopic (exact) mass is 284 g/mol. The summed E-state index contributed by atoms with van der Waals surface area (Å²) in [5, 5.41) is 2.86. The molecular formula is C15H16N4O2. The van der Waals surface area contributed by atoms with E-state index in [1.54, 1.807) is 17.9 Å².